The summed E-state index contributed by atoms with van der Waals surface area (Å²) in [5.74, 6) is -0.898. The molecule has 0 saturated heterocycles. The van der Waals surface area contributed by atoms with Crippen LogP contribution in [0.4, 0.5) is 18.9 Å². The Bertz CT molecular complexity index is 1320. The van der Waals surface area contributed by atoms with Crippen LogP contribution in [0.2, 0.25) is 0 Å². The Morgan fingerprint density at radius 1 is 1.26 bits per heavy atom. The van der Waals surface area contributed by atoms with Crippen molar-refractivity contribution in [1.29, 1.82) is 5.41 Å². The first-order chi connectivity index (χ1) is 16.9. The number of halogens is 3. The predicted molar refractivity (Wildman–Crippen MR) is 134 cm³/mol. The second-order valence-corrected chi connectivity index (χ2v) is 8.29. The van der Waals surface area contributed by atoms with Gasteiger partial charge in [0.05, 0.1) is 30.0 Å². The summed E-state index contributed by atoms with van der Waals surface area (Å²) in [6, 6.07) is 9.76. The molecule has 2 aromatic carbocycles. The minimum Gasteiger partial charge on any atom is -0.394 e. The Balaban J connectivity index is 1.79. The van der Waals surface area contributed by atoms with Crippen LogP contribution in [-0.2, 0) is 11.3 Å². The molecule has 1 aromatic heterocycles. The summed E-state index contributed by atoms with van der Waals surface area (Å²) >= 11 is 0. The number of alkyl halides is 2. The molecule has 35 heavy (non-hydrogen) atoms. The molecule has 4 rings (SSSR count). The Kier molecular flexibility index (Phi) is 7.51. The molecule has 0 bridgehead atoms. The van der Waals surface area contributed by atoms with E-state index in [2.05, 4.69) is 15.6 Å². The third-order valence-electron chi connectivity index (χ3n) is 5.91. The maximum absolute atomic E-state index is 14.6. The Morgan fingerprint density at radius 2 is 2.09 bits per heavy atom. The van der Waals surface area contributed by atoms with Crippen molar-refractivity contribution in [1.82, 2.24) is 10.3 Å². The molecule has 0 atom stereocenters. The molecule has 0 spiro atoms. The van der Waals surface area contributed by atoms with Gasteiger partial charge in [-0.15, -0.1) is 0 Å². The van der Waals surface area contributed by atoms with Gasteiger partial charge in [0, 0.05) is 41.5 Å². The highest BCUT2D eigenvalue weighted by Crippen LogP contribution is 2.33. The SMILES string of the molecule is CN/C=C\C(=N)c1cc2nc(C)cc(NCc3cccc(C(F)F)c3F)c2cc1C1=CCOCC1. The smallest absolute Gasteiger partial charge is 0.266 e. The van der Waals surface area contributed by atoms with Crippen molar-refractivity contribution in [3.8, 4) is 0 Å². The van der Waals surface area contributed by atoms with Gasteiger partial charge < -0.3 is 20.8 Å². The number of anilines is 1. The van der Waals surface area contributed by atoms with E-state index in [0.717, 1.165) is 40.3 Å². The zero-order chi connectivity index (χ0) is 24.9. The predicted octanol–water partition coefficient (Wildman–Crippen LogP) is 6.14. The van der Waals surface area contributed by atoms with Crippen molar-refractivity contribution < 1.29 is 17.9 Å². The van der Waals surface area contributed by atoms with E-state index in [1.807, 2.05) is 31.2 Å². The van der Waals surface area contributed by atoms with E-state index in [9.17, 15) is 13.2 Å². The third-order valence-corrected chi connectivity index (χ3v) is 5.91. The monoisotopic (exact) mass is 480 g/mol. The van der Waals surface area contributed by atoms with Crippen LogP contribution in [0.15, 0.2) is 54.8 Å². The second kappa shape index (κ2) is 10.7. The van der Waals surface area contributed by atoms with Gasteiger partial charge in [0.1, 0.15) is 5.82 Å². The Labute approximate surface area is 202 Å². The second-order valence-electron chi connectivity index (χ2n) is 8.29. The van der Waals surface area contributed by atoms with E-state index in [0.29, 0.717) is 30.1 Å². The fourth-order valence-corrected chi connectivity index (χ4v) is 4.16. The average molecular weight is 481 g/mol. The van der Waals surface area contributed by atoms with E-state index < -0.39 is 17.8 Å². The lowest BCUT2D eigenvalue weighted by molar-refractivity contribution is 0.146. The van der Waals surface area contributed by atoms with Gasteiger partial charge >= 0.3 is 0 Å². The topological polar surface area (TPSA) is 70.0 Å². The van der Waals surface area contributed by atoms with Crippen molar-refractivity contribution in [2.24, 2.45) is 0 Å². The molecule has 8 heteroatoms. The first-order valence-electron chi connectivity index (χ1n) is 11.3. The maximum Gasteiger partial charge on any atom is 0.266 e. The van der Waals surface area contributed by atoms with Crippen LogP contribution in [0.25, 0.3) is 16.5 Å². The highest BCUT2D eigenvalue weighted by atomic mass is 19.3. The lowest BCUT2D eigenvalue weighted by Crippen LogP contribution is -2.09. The van der Waals surface area contributed by atoms with Crippen LogP contribution >= 0.6 is 0 Å². The number of fused-ring (bicyclic) bond motifs is 1. The lowest BCUT2D eigenvalue weighted by atomic mass is 9.91. The van der Waals surface area contributed by atoms with Gasteiger partial charge in [0.15, 0.2) is 0 Å². The number of ether oxygens (including phenoxy) is 1. The minimum absolute atomic E-state index is 0.0410. The van der Waals surface area contributed by atoms with Gasteiger partial charge in [-0.25, -0.2) is 13.2 Å². The van der Waals surface area contributed by atoms with E-state index in [1.165, 1.54) is 12.1 Å². The van der Waals surface area contributed by atoms with Gasteiger partial charge in [0.25, 0.3) is 6.43 Å². The van der Waals surface area contributed by atoms with Crippen LogP contribution < -0.4 is 10.6 Å². The Hall–Kier alpha value is -3.65. The Morgan fingerprint density at radius 3 is 2.80 bits per heavy atom. The molecule has 2 heterocycles. The molecular formula is C27H27F3N4O. The van der Waals surface area contributed by atoms with E-state index in [1.54, 1.807) is 19.3 Å². The molecule has 0 radical (unpaired) electrons. The number of rotatable bonds is 8. The molecule has 1 aliphatic rings. The van der Waals surface area contributed by atoms with Crippen LogP contribution in [-0.4, -0.2) is 31.0 Å². The van der Waals surface area contributed by atoms with Crippen LogP contribution in [0, 0.1) is 18.2 Å². The number of nitrogens with zero attached hydrogens (tertiary/aromatic N) is 1. The zero-order valence-corrected chi connectivity index (χ0v) is 19.6. The fraction of sp³-hybridized carbons (Fsp3) is 0.259. The summed E-state index contributed by atoms with van der Waals surface area (Å²) in [5.41, 5.74) is 4.77. The van der Waals surface area contributed by atoms with Crippen LogP contribution in [0.1, 0.15) is 40.8 Å². The minimum atomic E-state index is -2.88. The maximum atomic E-state index is 14.6. The molecular weight excluding hydrogens is 453 g/mol. The number of benzene rings is 2. The highest BCUT2D eigenvalue weighted by Gasteiger charge is 2.18. The van der Waals surface area contributed by atoms with Crippen molar-refractivity contribution in [3.63, 3.8) is 0 Å². The number of nitrogens with one attached hydrogen (secondary N) is 3. The number of hydrogen-bond donors (Lipinski definition) is 3. The van der Waals surface area contributed by atoms with Gasteiger partial charge in [-0.05, 0) is 55.0 Å². The molecule has 0 amide bonds. The number of allylic oxidation sites excluding steroid dienone is 1. The summed E-state index contributed by atoms with van der Waals surface area (Å²) in [6.45, 7) is 2.99. The van der Waals surface area contributed by atoms with Crippen LogP contribution in [0.3, 0.4) is 0 Å². The van der Waals surface area contributed by atoms with Crippen molar-refractivity contribution in [3.05, 3.63) is 88.5 Å². The summed E-state index contributed by atoms with van der Waals surface area (Å²) in [4.78, 5) is 4.66. The van der Waals surface area contributed by atoms with Crippen LogP contribution in [0.5, 0.6) is 0 Å². The van der Waals surface area contributed by atoms with Gasteiger partial charge in [0.2, 0.25) is 0 Å². The molecule has 5 nitrogen and oxygen atoms in total. The first kappa shape index (κ1) is 24.5. The zero-order valence-electron chi connectivity index (χ0n) is 19.6. The third kappa shape index (κ3) is 5.38. The number of pyridine rings is 1. The number of aromatic nitrogens is 1. The quantitative estimate of drug-likeness (QED) is 0.339. The van der Waals surface area contributed by atoms with E-state index in [4.69, 9.17) is 10.1 Å². The summed E-state index contributed by atoms with van der Waals surface area (Å²) in [5, 5.41) is 15.5. The molecule has 0 fully saturated rings. The van der Waals surface area contributed by atoms with Crippen molar-refractivity contribution in [2.75, 3.05) is 25.6 Å². The summed E-state index contributed by atoms with van der Waals surface area (Å²) in [7, 11) is 1.77. The van der Waals surface area contributed by atoms with E-state index >= 15 is 0 Å². The molecule has 0 unspecified atom stereocenters. The standard InChI is InChI=1S/C27H27F3N4O/c1-16-12-24(33-15-18-4-3-5-19(26(18)28)27(29)30)22-13-20(17-7-10-35-11-8-17)21(14-25(22)34-16)23(31)6-9-32-2/h3-7,9,12-14,27,31-32H,8,10-11,15H2,1-2H3,(H,33,34)/b9-6-,31-23?. The van der Waals surface area contributed by atoms with Crippen molar-refractivity contribution >= 4 is 27.9 Å². The molecule has 1 aliphatic heterocycles. The first-order valence-corrected chi connectivity index (χ1v) is 11.3. The highest BCUT2D eigenvalue weighted by molar-refractivity contribution is 6.12. The molecule has 3 N–H and O–H groups in total. The number of hydrogen-bond acceptors (Lipinski definition) is 5. The molecule has 0 saturated carbocycles. The average Bonchev–Trinajstić information content (AvgIpc) is 2.86. The summed E-state index contributed by atoms with van der Waals surface area (Å²) in [6.07, 6.45) is 3.25. The normalized spacial score (nSPS) is 13.9. The van der Waals surface area contributed by atoms with Gasteiger partial charge in [-0.2, -0.15) is 0 Å². The molecule has 3 aromatic rings. The van der Waals surface area contributed by atoms with Crippen molar-refractivity contribution in [2.45, 2.75) is 26.3 Å². The molecule has 182 valence electrons. The molecule has 0 aliphatic carbocycles. The van der Waals surface area contributed by atoms with Gasteiger partial charge in [-0.3, -0.25) is 4.98 Å². The summed E-state index contributed by atoms with van der Waals surface area (Å²) < 4.78 is 46.3. The lowest BCUT2D eigenvalue weighted by Gasteiger charge is -2.19. The van der Waals surface area contributed by atoms with Gasteiger partial charge in [-0.1, -0.05) is 24.3 Å². The fourth-order valence-electron chi connectivity index (χ4n) is 4.16. The largest absolute Gasteiger partial charge is 0.394 e. The van der Waals surface area contributed by atoms with E-state index in [-0.39, 0.29) is 12.1 Å². The number of aryl methyl sites for hydroxylation is 1.